The molecule has 1 aliphatic rings. The van der Waals surface area contributed by atoms with Crippen molar-refractivity contribution in [1.82, 2.24) is 4.72 Å². The van der Waals surface area contributed by atoms with E-state index in [1.54, 1.807) is 37.3 Å². The predicted octanol–water partition coefficient (Wildman–Crippen LogP) is 2.36. The molecule has 0 radical (unpaired) electrons. The second-order valence-corrected chi connectivity index (χ2v) is 8.11. The Hall–Kier alpha value is -2.58. The van der Waals surface area contributed by atoms with Gasteiger partial charge < -0.3 is 14.4 Å². The zero-order valence-electron chi connectivity index (χ0n) is 15.5. The van der Waals surface area contributed by atoms with Gasteiger partial charge in [0.25, 0.3) is 0 Å². The largest absolute Gasteiger partial charge is 0.454 e. The molecule has 1 amide bonds. The van der Waals surface area contributed by atoms with Crippen molar-refractivity contribution in [2.24, 2.45) is 0 Å². The molecule has 1 aliphatic heterocycles. The molecule has 0 saturated carbocycles. The normalized spacial score (nSPS) is 12.9. The van der Waals surface area contributed by atoms with Crippen LogP contribution in [-0.2, 0) is 14.8 Å². The van der Waals surface area contributed by atoms with Crippen molar-refractivity contribution >= 4 is 21.6 Å². The lowest BCUT2D eigenvalue weighted by atomic mass is 10.2. The molecule has 0 unspecified atom stereocenters. The van der Waals surface area contributed by atoms with Gasteiger partial charge in [-0.25, -0.2) is 13.1 Å². The first-order chi connectivity index (χ1) is 12.8. The third-order valence-corrected chi connectivity index (χ3v) is 5.91. The molecule has 144 valence electrons. The van der Waals surface area contributed by atoms with Gasteiger partial charge in [0.1, 0.15) is 0 Å². The van der Waals surface area contributed by atoms with Gasteiger partial charge in [0.05, 0.1) is 4.90 Å². The molecule has 3 rings (SSSR count). The number of sulfonamides is 1. The van der Waals surface area contributed by atoms with Gasteiger partial charge in [0.2, 0.25) is 22.7 Å². The Balaban J connectivity index is 1.72. The van der Waals surface area contributed by atoms with Crippen LogP contribution in [0.2, 0.25) is 0 Å². The number of nitrogens with one attached hydrogen (secondary N) is 1. The van der Waals surface area contributed by atoms with E-state index in [2.05, 4.69) is 4.72 Å². The molecule has 0 atom stereocenters. The minimum absolute atomic E-state index is 0.0870. The molecule has 0 aromatic heterocycles. The van der Waals surface area contributed by atoms with Crippen molar-refractivity contribution in [3.05, 3.63) is 47.5 Å². The van der Waals surface area contributed by atoms with E-state index in [9.17, 15) is 13.2 Å². The van der Waals surface area contributed by atoms with Crippen LogP contribution in [0.4, 0.5) is 5.69 Å². The number of ether oxygens (including phenoxy) is 2. The summed E-state index contributed by atoms with van der Waals surface area (Å²) in [7, 11) is -3.66. The van der Waals surface area contributed by atoms with E-state index in [0.29, 0.717) is 22.7 Å². The molecule has 0 aliphatic carbocycles. The first-order valence-corrected chi connectivity index (χ1v) is 10.0. The number of nitrogens with zero attached hydrogens (tertiary/aromatic N) is 1. The van der Waals surface area contributed by atoms with Gasteiger partial charge in [-0.05, 0) is 43.2 Å². The van der Waals surface area contributed by atoms with Crippen LogP contribution in [0.3, 0.4) is 0 Å². The maximum atomic E-state index is 12.6. The Kier molecular flexibility index (Phi) is 5.38. The van der Waals surface area contributed by atoms with Crippen LogP contribution in [0, 0.1) is 13.8 Å². The Labute approximate surface area is 158 Å². The lowest BCUT2D eigenvalue weighted by molar-refractivity contribution is -0.116. The topological polar surface area (TPSA) is 84.9 Å². The summed E-state index contributed by atoms with van der Waals surface area (Å²) in [6.45, 7) is 5.46. The number of hydrogen-bond acceptors (Lipinski definition) is 5. The summed E-state index contributed by atoms with van der Waals surface area (Å²) in [5.74, 6) is 0.993. The van der Waals surface area contributed by atoms with Crippen LogP contribution in [0.5, 0.6) is 11.5 Å². The van der Waals surface area contributed by atoms with Gasteiger partial charge in [-0.3, -0.25) is 4.79 Å². The highest BCUT2D eigenvalue weighted by molar-refractivity contribution is 7.89. The summed E-state index contributed by atoms with van der Waals surface area (Å²) >= 11 is 0. The first-order valence-electron chi connectivity index (χ1n) is 8.52. The highest BCUT2D eigenvalue weighted by atomic mass is 32.2. The van der Waals surface area contributed by atoms with Crippen LogP contribution in [0.25, 0.3) is 0 Å². The van der Waals surface area contributed by atoms with E-state index in [1.807, 2.05) is 13.0 Å². The fourth-order valence-electron chi connectivity index (χ4n) is 2.89. The van der Waals surface area contributed by atoms with Crippen LogP contribution in [0.15, 0.2) is 41.3 Å². The second kappa shape index (κ2) is 7.58. The molecule has 27 heavy (non-hydrogen) atoms. The summed E-state index contributed by atoms with van der Waals surface area (Å²) in [5.41, 5.74) is 2.16. The van der Waals surface area contributed by atoms with Gasteiger partial charge in [-0.2, -0.15) is 0 Å². The lowest BCUT2D eigenvalue weighted by Crippen LogP contribution is -2.37. The van der Waals surface area contributed by atoms with Crippen molar-refractivity contribution in [1.29, 1.82) is 0 Å². The standard InChI is InChI=1S/C19H22N2O5S/c1-13-4-5-14(2)19(10-13)27(23,24)20-8-9-21(15(3)22)16-6-7-17-18(11-16)26-12-25-17/h4-7,10-11,20H,8-9,12H2,1-3H3. The molecule has 8 heteroatoms. The van der Waals surface area contributed by atoms with Crippen molar-refractivity contribution in [3.8, 4) is 11.5 Å². The van der Waals surface area contributed by atoms with E-state index in [4.69, 9.17) is 9.47 Å². The van der Waals surface area contributed by atoms with E-state index in [1.165, 1.54) is 11.8 Å². The molecule has 0 fully saturated rings. The molecule has 2 aromatic carbocycles. The van der Waals surface area contributed by atoms with Gasteiger partial charge in [-0.15, -0.1) is 0 Å². The Morgan fingerprint density at radius 2 is 1.85 bits per heavy atom. The number of carbonyl (C=O) groups is 1. The molecule has 0 saturated heterocycles. The minimum Gasteiger partial charge on any atom is -0.454 e. The Morgan fingerprint density at radius 1 is 1.11 bits per heavy atom. The number of anilines is 1. The number of fused-ring (bicyclic) bond motifs is 1. The summed E-state index contributed by atoms with van der Waals surface area (Å²) in [4.78, 5) is 13.8. The summed E-state index contributed by atoms with van der Waals surface area (Å²) in [5, 5.41) is 0. The van der Waals surface area contributed by atoms with Gasteiger partial charge in [0.15, 0.2) is 11.5 Å². The molecular formula is C19H22N2O5S. The lowest BCUT2D eigenvalue weighted by Gasteiger charge is -2.22. The van der Waals surface area contributed by atoms with Crippen molar-refractivity contribution in [2.75, 3.05) is 24.8 Å². The van der Waals surface area contributed by atoms with Crippen molar-refractivity contribution < 1.29 is 22.7 Å². The monoisotopic (exact) mass is 390 g/mol. The van der Waals surface area contributed by atoms with Crippen molar-refractivity contribution in [2.45, 2.75) is 25.7 Å². The average molecular weight is 390 g/mol. The van der Waals surface area contributed by atoms with Crippen LogP contribution in [-0.4, -0.2) is 34.2 Å². The zero-order chi connectivity index (χ0) is 19.6. The highest BCUT2D eigenvalue weighted by Crippen LogP contribution is 2.35. The summed E-state index contributed by atoms with van der Waals surface area (Å²) < 4.78 is 38.4. The van der Waals surface area contributed by atoms with Gasteiger partial charge in [-0.1, -0.05) is 12.1 Å². The average Bonchev–Trinajstić information content (AvgIpc) is 3.08. The maximum Gasteiger partial charge on any atom is 0.240 e. The Morgan fingerprint density at radius 3 is 2.59 bits per heavy atom. The fraction of sp³-hybridized carbons (Fsp3) is 0.316. The fourth-order valence-corrected chi connectivity index (χ4v) is 4.24. The maximum absolute atomic E-state index is 12.6. The zero-order valence-corrected chi connectivity index (χ0v) is 16.3. The molecule has 2 aromatic rings. The molecule has 1 heterocycles. The predicted molar refractivity (Wildman–Crippen MR) is 102 cm³/mol. The van der Waals surface area contributed by atoms with E-state index in [-0.39, 0.29) is 30.7 Å². The smallest absolute Gasteiger partial charge is 0.240 e. The second-order valence-electron chi connectivity index (χ2n) is 6.37. The number of hydrogen-bond donors (Lipinski definition) is 1. The van der Waals surface area contributed by atoms with E-state index >= 15 is 0 Å². The van der Waals surface area contributed by atoms with Crippen molar-refractivity contribution in [3.63, 3.8) is 0 Å². The third-order valence-electron chi connectivity index (χ3n) is 4.31. The number of amides is 1. The summed E-state index contributed by atoms with van der Waals surface area (Å²) in [6, 6.07) is 10.5. The third kappa shape index (κ3) is 4.23. The van der Waals surface area contributed by atoms with Crippen LogP contribution in [0.1, 0.15) is 18.1 Å². The molecule has 1 N–H and O–H groups in total. The van der Waals surface area contributed by atoms with E-state index < -0.39 is 10.0 Å². The Bertz CT molecular complexity index is 972. The molecule has 7 nitrogen and oxygen atoms in total. The SMILES string of the molecule is CC(=O)N(CCNS(=O)(=O)c1cc(C)ccc1C)c1ccc2c(c1)OCO2. The van der Waals surface area contributed by atoms with Gasteiger partial charge >= 0.3 is 0 Å². The number of aryl methyl sites for hydroxylation is 2. The number of carbonyl (C=O) groups excluding carboxylic acids is 1. The number of benzene rings is 2. The quantitative estimate of drug-likeness (QED) is 0.819. The van der Waals surface area contributed by atoms with Gasteiger partial charge in [0, 0.05) is 31.8 Å². The van der Waals surface area contributed by atoms with Crippen LogP contribution >= 0.6 is 0 Å². The van der Waals surface area contributed by atoms with Crippen LogP contribution < -0.4 is 19.1 Å². The first kappa shape index (κ1) is 19.2. The number of rotatable bonds is 6. The molecule has 0 bridgehead atoms. The highest BCUT2D eigenvalue weighted by Gasteiger charge is 2.20. The summed E-state index contributed by atoms with van der Waals surface area (Å²) in [6.07, 6.45) is 0. The molecular weight excluding hydrogens is 368 g/mol. The molecule has 0 spiro atoms. The van der Waals surface area contributed by atoms with E-state index in [0.717, 1.165) is 5.56 Å². The minimum atomic E-state index is -3.66.